The third kappa shape index (κ3) is 6.68. The van der Waals surface area contributed by atoms with Crippen LogP contribution < -0.4 is 11.1 Å². The van der Waals surface area contributed by atoms with Gasteiger partial charge in [-0.15, -0.1) is 24.2 Å². The van der Waals surface area contributed by atoms with Crippen LogP contribution in [0.15, 0.2) is 29.2 Å². The first-order valence-electron chi connectivity index (χ1n) is 10.2. The van der Waals surface area contributed by atoms with E-state index < -0.39 is 0 Å². The lowest BCUT2D eigenvalue weighted by molar-refractivity contribution is -0.118. The van der Waals surface area contributed by atoms with Crippen molar-refractivity contribution in [2.45, 2.75) is 55.9 Å². The molecule has 1 saturated heterocycles. The lowest BCUT2D eigenvalue weighted by atomic mass is 9.89. The van der Waals surface area contributed by atoms with Crippen LogP contribution in [0, 0.1) is 5.92 Å². The van der Waals surface area contributed by atoms with Gasteiger partial charge < -0.3 is 16.0 Å². The maximum Gasteiger partial charge on any atom is 0.255 e. The Bertz CT molecular complexity index is 652. The fourth-order valence-electron chi connectivity index (χ4n) is 3.98. The number of likely N-dealkylation sites (tertiary alicyclic amines) is 1. The highest BCUT2D eigenvalue weighted by atomic mass is 35.5. The van der Waals surface area contributed by atoms with E-state index in [4.69, 9.17) is 5.73 Å². The second-order valence-corrected chi connectivity index (χ2v) is 8.76. The number of halogens is 1. The molecule has 1 aliphatic heterocycles. The Balaban J connectivity index is 0.00000280. The van der Waals surface area contributed by atoms with Crippen LogP contribution >= 0.6 is 24.2 Å². The van der Waals surface area contributed by atoms with Crippen molar-refractivity contribution in [3.8, 4) is 0 Å². The Hall–Kier alpha value is -1.24. The average Bonchev–Trinajstić information content (AvgIpc) is 2.71. The molecule has 1 aromatic carbocycles. The SMILES string of the molecule is Cl.NC1CCCN(C(=O)c2ccccc2SCC(=O)NCC2CCCCC2)C1. The number of nitrogens with two attached hydrogens (primary N) is 1. The van der Waals surface area contributed by atoms with Gasteiger partial charge in [0.05, 0.1) is 11.3 Å². The summed E-state index contributed by atoms with van der Waals surface area (Å²) in [6.45, 7) is 2.15. The molecular weight excluding hydrogens is 394 g/mol. The highest BCUT2D eigenvalue weighted by molar-refractivity contribution is 8.00. The predicted octanol–water partition coefficient (Wildman–Crippen LogP) is 3.46. The molecule has 3 N–H and O–H groups in total. The van der Waals surface area contributed by atoms with E-state index in [1.807, 2.05) is 29.2 Å². The summed E-state index contributed by atoms with van der Waals surface area (Å²) < 4.78 is 0. The number of amides is 2. The number of nitrogens with one attached hydrogen (secondary N) is 1. The first-order valence-corrected chi connectivity index (χ1v) is 11.2. The third-order valence-corrected chi connectivity index (χ3v) is 6.61. The normalized spacial score (nSPS) is 20.3. The van der Waals surface area contributed by atoms with Gasteiger partial charge in [0.15, 0.2) is 0 Å². The molecule has 7 heteroatoms. The van der Waals surface area contributed by atoms with Crippen LogP contribution in [-0.4, -0.2) is 48.1 Å². The fraction of sp³-hybridized carbons (Fsp3) is 0.619. The molecule has 28 heavy (non-hydrogen) atoms. The number of piperidine rings is 1. The smallest absolute Gasteiger partial charge is 0.255 e. The fourth-order valence-corrected chi connectivity index (χ4v) is 4.85. The first-order chi connectivity index (χ1) is 13.1. The summed E-state index contributed by atoms with van der Waals surface area (Å²) in [5.74, 6) is 1.05. The van der Waals surface area contributed by atoms with Gasteiger partial charge in [0.25, 0.3) is 5.91 Å². The van der Waals surface area contributed by atoms with Crippen molar-refractivity contribution in [3.05, 3.63) is 29.8 Å². The highest BCUT2D eigenvalue weighted by Gasteiger charge is 2.24. The molecule has 0 bridgehead atoms. The van der Waals surface area contributed by atoms with Crippen molar-refractivity contribution in [2.24, 2.45) is 11.7 Å². The first kappa shape index (κ1) is 23.0. The van der Waals surface area contributed by atoms with E-state index in [1.54, 1.807) is 0 Å². The van der Waals surface area contributed by atoms with Gasteiger partial charge in [-0.1, -0.05) is 31.4 Å². The van der Waals surface area contributed by atoms with Gasteiger partial charge in [0.1, 0.15) is 0 Å². The molecule has 1 aliphatic carbocycles. The second-order valence-electron chi connectivity index (χ2n) is 7.75. The molecule has 2 amide bonds. The minimum atomic E-state index is 0. The van der Waals surface area contributed by atoms with E-state index in [-0.39, 0.29) is 30.3 Å². The maximum absolute atomic E-state index is 12.9. The molecule has 3 rings (SSSR count). The molecule has 5 nitrogen and oxygen atoms in total. The van der Waals surface area contributed by atoms with Crippen LogP contribution in [-0.2, 0) is 4.79 Å². The van der Waals surface area contributed by atoms with Crippen molar-refractivity contribution in [2.75, 3.05) is 25.4 Å². The number of carbonyl (C=O) groups is 2. The summed E-state index contributed by atoms with van der Waals surface area (Å²) in [5.41, 5.74) is 6.70. The molecule has 0 radical (unpaired) electrons. The van der Waals surface area contributed by atoms with Crippen molar-refractivity contribution in [1.29, 1.82) is 0 Å². The van der Waals surface area contributed by atoms with Crippen LogP contribution in [0.1, 0.15) is 55.3 Å². The van der Waals surface area contributed by atoms with Gasteiger partial charge in [0, 0.05) is 30.6 Å². The van der Waals surface area contributed by atoms with Crippen molar-refractivity contribution in [1.82, 2.24) is 10.2 Å². The molecule has 0 spiro atoms. The van der Waals surface area contributed by atoms with Crippen LogP contribution in [0.2, 0.25) is 0 Å². The number of carbonyl (C=O) groups excluding carboxylic acids is 2. The zero-order chi connectivity index (χ0) is 19.1. The van der Waals surface area contributed by atoms with E-state index in [1.165, 1.54) is 43.9 Å². The average molecular weight is 426 g/mol. The minimum Gasteiger partial charge on any atom is -0.355 e. The molecule has 1 aromatic rings. The molecule has 1 heterocycles. The lowest BCUT2D eigenvalue weighted by Gasteiger charge is -2.31. The zero-order valence-corrected chi connectivity index (χ0v) is 18.0. The Labute approximate surface area is 178 Å². The summed E-state index contributed by atoms with van der Waals surface area (Å²) >= 11 is 1.44. The Morgan fingerprint density at radius 2 is 1.86 bits per heavy atom. The van der Waals surface area contributed by atoms with Gasteiger partial charge in [-0.2, -0.15) is 0 Å². The molecule has 1 atom stereocenters. The quantitative estimate of drug-likeness (QED) is 0.684. The number of rotatable bonds is 6. The monoisotopic (exact) mass is 425 g/mol. The Kier molecular flexibility index (Phi) is 9.62. The van der Waals surface area contributed by atoms with E-state index in [2.05, 4.69) is 5.32 Å². The zero-order valence-electron chi connectivity index (χ0n) is 16.4. The summed E-state index contributed by atoms with van der Waals surface area (Å²) in [5, 5.41) is 3.07. The topological polar surface area (TPSA) is 75.4 Å². The molecule has 156 valence electrons. The predicted molar refractivity (Wildman–Crippen MR) is 117 cm³/mol. The van der Waals surface area contributed by atoms with Crippen LogP contribution in [0.25, 0.3) is 0 Å². The molecule has 1 unspecified atom stereocenters. The molecule has 2 aliphatic rings. The number of benzene rings is 1. The summed E-state index contributed by atoms with van der Waals surface area (Å²) in [4.78, 5) is 27.9. The highest BCUT2D eigenvalue weighted by Crippen LogP contribution is 2.25. The number of hydrogen-bond donors (Lipinski definition) is 2. The largest absolute Gasteiger partial charge is 0.355 e. The van der Waals surface area contributed by atoms with Crippen molar-refractivity contribution >= 4 is 36.0 Å². The molecule has 1 saturated carbocycles. The van der Waals surface area contributed by atoms with Crippen LogP contribution in [0.4, 0.5) is 0 Å². The lowest BCUT2D eigenvalue weighted by Crippen LogP contribution is -2.45. The number of nitrogens with zero attached hydrogens (tertiary/aromatic N) is 1. The number of hydrogen-bond acceptors (Lipinski definition) is 4. The van der Waals surface area contributed by atoms with Gasteiger partial charge in [-0.25, -0.2) is 0 Å². The van der Waals surface area contributed by atoms with Crippen molar-refractivity contribution in [3.63, 3.8) is 0 Å². The van der Waals surface area contributed by atoms with Gasteiger partial charge in [0.2, 0.25) is 5.91 Å². The molecule has 2 fully saturated rings. The van der Waals surface area contributed by atoms with Crippen LogP contribution in [0.5, 0.6) is 0 Å². The maximum atomic E-state index is 12.9. The van der Waals surface area contributed by atoms with Gasteiger partial charge >= 0.3 is 0 Å². The standard InChI is InChI=1S/C21H31N3O2S.ClH/c22-17-9-6-12-24(14-17)21(26)18-10-4-5-11-19(18)27-15-20(25)23-13-16-7-2-1-3-8-16;/h4-5,10-11,16-17H,1-3,6-9,12-15,22H2,(H,23,25);1H. The van der Waals surface area contributed by atoms with Gasteiger partial charge in [-0.3, -0.25) is 9.59 Å². The summed E-state index contributed by atoms with van der Waals surface area (Å²) in [7, 11) is 0. The minimum absolute atomic E-state index is 0. The third-order valence-electron chi connectivity index (χ3n) is 5.53. The van der Waals surface area contributed by atoms with Gasteiger partial charge in [-0.05, 0) is 43.7 Å². The summed E-state index contributed by atoms with van der Waals surface area (Å²) in [6.07, 6.45) is 8.27. The van der Waals surface area contributed by atoms with Crippen LogP contribution in [0.3, 0.4) is 0 Å². The molecule has 0 aromatic heterocycles. The Morgan fingerprint density at radius 1 is 1.11 bits per heavy atom. The van der Waals surface area contributed by atoms with E-state index in [9.17, 15) is 9.59 Å². The van der Waals surface area contributed by atoms with E-state index in [0.717, 1.165) is 30.8 Å². The second kappa shape index (κ2) is 11.7. The number of thioether (sulfide) groups is 1. The van der Waals surface area contributed by atoms with Crippen molar-refractivity contribution < 1.29 is 9.59 Å². The van der Waals surface area contributed by atoms with E-state index >= 15 is 0 Å². The van der Waals surface area contributed by atoms with E-state index in [0.29, 0.717) is 23.8 Å². The Morgan fingerprint density at radius 3 is 2.61 bits per heavy atom. The molecular formula is C21H32ClN3O2S. The summed E-state index contributed by atoms with van der Waals surface area (Å²) in [6, 6.07) is 7.64.